The SMILES string of the molecule is C=CCOC(=O)C[C@H](O)[C@H](NC(=O)[C@@H](C)NC(=O)[C@H](NC(=O)C[C@H](O)/C=C/CCSC(c1ccccc1)(c1ccccc1)c1ccccc1)C(C)C)C(C)C. The molecule has 5 atom stereocenters. The molecule has 5 N–H and O–H groups in total. The van der Waals surface area contributed by atoms with E-state index in [0.717, 1.165) is 22.4 Å². The van der Waals surface area contributed by atoms with E-state index in [-0.39, 0.29) is 31.3 Å². The largest absolute Gasteiger partial charge is 0.461 e. The lowest BCUT2D eigenvalue weighted by Gasteiger charge is -2.35. The first-order valence-electron chi connectivity index (χ1n) is 18.8. The Bertz CT molecular complexity index is 1590. The molecule has 55 heavy (non-hydrogen) atoms. The molecular formula is C44H57N3O7S. The summed E-state index contributed by atoms with van der Waals surface area (Å²) in [5.74, 6) is -2.10. The molecule has 0 unspecified atom stereocenters. The van der Waals surface area contributed by atoms with Gasteiger partial charge in [-0.1, -0.05) is 143 Å². The average Bonchev–Trinajstić information content (AvgIpc) is 3.17. The Kier molecular flexibility index (Phi) is 18.4. The van der Waals surface area contributed by atoms with Crippen molar-refractivity contribution in [2.24, 2.45) is 11.8 Å². The van der Waals surface area contributed by atoms with Crippen molar-refractivity contribution >= 4 is 35.5 Å². The first-order chi connectivity index (χ1) is 26.3. The number of amides is 3. The van der Waals surface area contributed by atoms with Gasteiger partial charge >= 0.3 is 5.97 Å². The van der Waals surface area contributed by atoms with Crippen molar-refractivity contribution in [3.8, 4) is 0 Å². The average molecular weight is 772 g/mol. The maximum Gasteiger partial charge on any atom is 0.308 e. The topological polar surface area (TPSA) is 154 Å². The van der Waals surface area contributed by atoms with Gasteiger partial charge in [0.1, 0.15) is 18.7 Å². The van der Waals surface area contributed by atoms with Crippen LogP contribution in [0.1, 0.15) is 70.6 Å². The normalized spacial score (nSPS) is 14.4. The quantitative estimate of drug-likeness (QED) is 0.0379. The van der Waals surface area contributed by atoms with Crippen molar-refractivity contribution in [2.45, 2.75) is 89.0 Å². The van der Waals surface area contributed by atoms with Crippen LogP contribution in [0.2, 0.25) is 0 Å². The molecule has 3 amide bonds. The lowest BCUT2D eigenvalue weighted by atomic mass is 9.84. The van der Waals surface area contributed by atoms with E-state index in [1.165, 1.54) is 13.0 Å². The summed E-state index contributed by atoms with van der Waals surface area (Å²) in [5.41, 5.74) is 3.48. The van der Waals surface area contributed by atoms with Crippen molar-refractivity contribution in [2.75, 3.05) is 12.4 Å². The molecule has 0 heterocycles. The number of allylic oxidation sites excluding steroid dienone is 1. The number of thioether (sulfide) groups is 1. The Morgan fingerprint density at radius 3 is 1.75 bits per heavy atom. The molecule has 3 aromatic carbocycles. The molecule has 0 bridgehead atoms. The number of esters is 1. The van der Waals surface area contributed by atoms with Gasteiger partial charge < -0.3 is 30.9 Å². The number of rotatable bonds is 22. The lowest BCUT2D eigenvalue weighted by Crippen LogP contribution is -2.57. The Labute approximate surface area is 330 Å². The standard InChI is InChI=1S/C44H57N3O7S/c1-7-26-54-39(51)29-37(49)40(30(2)3)47-42(52)32(6)45-43(53)41(31(4)5)46-38(50)28-36(48)25-17-18-27-55-44(33-19-11-8-12-20-33,34-21-13-9-14-22-34)35-23-15-10-16-24-35/h7-17,19-25,30-32,36-37,40-41,48-49H,1,18,26-29H2,2-6H3,(H,45,53)(H,46,50)(H,47,52)/b25-17+/t32-,36-,37+,40-,41-/m1/s1. The Hall–Kier alpha value is -4.71. The van der Waals surface area contributed by atoms with E-state index in [9.17, 15) is 29.4 Å². The molecule has 0 spiro atoms. The molecule has 0 aromatic heterocycles. The van der Waals surface area contributed by atoms with Crippen LogP contribution in [0.15, 0.2) is 116 Å². The number of hydrogen-bond donors (Lipinski definition) is 5. The van der Waals surface area contributed by atoms with Crippen LogP contribution in [0.4, 0.5) is 0 Å². The predicted molar refractivity (Wildman–Crippen MR) is 219 cm³/mol. The zero-order chi connectivity index (χ0) is 40.4. The summed E-state index contributed by atoms with van der Waals surface area (Å²) in [4.78, 5) is 51.3. The maximum absolute atomic E-state index is 13.2. The van der Waals surface area contributed by atoms with Gasteiger partial charge in [-0.15, -0.1) is 11.8 Å². The molecule has 3 rings (SSSR count). The minimum Gasteiger partial charge on any atom is -0.461 e. The zero-order valence-electron chi connectivity index (χ0n) is 32.5. The third-order valence-corrected chi connectivity index (χ3v) is 10.7. The second-order valence-corrected chi connectivity index (χ2v) is 15.5. The van der Waals surface area contributed by atoms with Crippen molar-refractivity contribution in [3.63, 3.8) is 0 Å². The van der Waals surface area contributed by atoms with Gasteiger partial charge in [-0.3, -0.25) is 19.2 Å². The van der Waals surface area contributed by atoms with Gasteiger partial charge in [0, 0.05) is 0 Å². The molecule has 3 aromatic rings. The van der Waals surface area contributed by atoms with Gasteiger partial charge in [0.2, 0.25) is 17.7 Å². The van der Waals surface area contributed by atoms with Crippen LogP contribution in [0.25, 0.3) is 0 Å². The highest BCUT2D eigenvalue weighted by atomic mass is 32.2. The number of hydrogen-bond acceptors (Lipinski definition) is 8. The van der Waals surface area contributed by atoms with E-state index in [4.69, 9.17) is 4.74 Å². The van der Waals surface area contributed by atoms with Gasteiger partial charge in [0.05, 0.1) is 35.8 Å². The molecule has 0 saturated carbocycles. The van der Waals surface area contributed by atoms with E-state index in [1.807, 2.05) is 60.7 Å². The fourth-order valence-corrected chi connectivity index (χ4v) is 7.67. The summed E-state index contributed by atoms with van der Waals surface area (Å²) < 4.78 is 4.48. The minimum absolute atomic E-state index is 0.0109. The van der Waals surface area contributed by atoms with Crippen LogP contribution in [-0.2, 0) is 28.7 Å². The third-order valence-electron chi connectivity index (χ3n) is 9.09. The van der Waals surface area contributed by atoms with Crippen molar-refractivity contribution in [3.05, 3.63) is 132 Å². The van der Waals surface area contributed by atoms with E-state index in [1.54, 1.807) is 45.5 Å². The summed E-state index contributed by atoms with van der Waals surface area (Å²) in [7, 11) is 0. The molecule has 11 heteroatoms. The summed E-state index contributed by atoms with van der Waals surface area (Å²) >= 11 is 1.81. The lowest BCUT2D eigenvalue weighted by molar-refractivity contribution is -0.145. The molecule has 0 aliphatic heterocycles. The van der Waals surface area contributed by atoms with Gasteiger partial charge in [0.15, 0.2) is 0 Å². The number of benzene rings is 3. The number of nitrogens with one attached hydrogen (secondary N) is 3. The molecule has 0 saturated heterocycles. The van der Waals surface area contributed by atoms with Crippen LogP contribution in [0, 0.1) is 11.8 Å². The molecule has 0 aliphatic carbocycles. The van der Waals surface area contributed by atoms with E-state index in [0.29, 0.717) is 6.42 Å². The van der Waals surface area contributed by atoms with Crippen molar-refractivity contribution in [1.29, 1.82) is 0 Å². The smallest absolute Gasteiger partial charge is 0.308 e. The van der Waals surface area contributed by atoms with Gasteiger partial charge in [-0.25, -0.2) is 0 Å². The summed E-state index contributed by atoms with van der Waals surface area (Å²) in [5, 5.41) is 29.4. The third kappa shape index (κ3) is 13.5. The summed E-state index contributed by atoms with van der Waals surface area (Å²) in [6.07, 6.45) is 2.68. The zero-order valence-corrected chi connectivity index (χ0v) is 33.3. The Morgan fingerprint density at radius 2 is 1.27 bits per heavy atom. The van der Waals surface area contributed by atoms with E-state index >= 15 is 0 Å². The van der Waals surface area contributed by atoms with Gasteiger partial charge in [-0.2, -0.15) is 0 Å². The second kappa shape index (κ2) is 22.6. The number of ether oxygens (including phenoxy) is 1. The molecule has 296 valence electrons. The molecular weight excluding hydrogens is 715 g/mol. The first-order valence-corrected chi connectivity index (χ1v) is 19.8. The predicted octanol–water partition coefficient (Wildman–Crippen LogP) is 5.68. The number of carbonyl (C=O) groups excluding carboxylic acids is 4. The second-order valence-electron chi connectivity index (χ2n) is 14.2. The van der Waals surface area contributed by atoms with Gasteiger partial charge in [0.25, 0.3) is 0 Å². The monoisotopic (exact) mass is 771 g/mol. The highest BCUT2D eigenvalue weighted by Crippen LogP contribution is 2.48. The van der Waals surface area contributed by atoms with Crippen molar-refractivity contribution < 1.29 is 34.1 Å². The highest BCUT2D eigenvalue weighted by molar-refractivity contribution is 8.00. The summed E-state index contributed by atoms with van der Waals surface area (Å²) in [6, 6.07) is 28.5. The number of aliphatic hydroxyl groups excluding tert-OH is 2. The van der Waals surface area contributed by atoms with E-state index < -0.39 is 58.8 Å². The number of carbonyl (C=O) groups is 4. The van der Waals surface area contributed by atoms with Gasteiger partial charge in [-0.05, 0) is 47.6 Å². The van der Waals surface area contributed by atoms with Crippen molar-refractivity contribution in [1.82, 2.24) is 16.0 Å². The van der Waals surface area contributed by atoms with Crippen LogP contribution in [-0.4, -0.2) is 76.6 Å². The fraction of sp³-hybridized carbons (Fsp3) is 0.409. The van der Waals surface area contributed by atoms with Crippen LogP contribution in [0.3, 0.4) is 0 Å². The van der Waals surface area contributed by atoms with Crippen LogP contribution in [0.5, 0.6) is 0 Å². The summed E-state index contributed by atoms with van der Waals surface area (Å²) in [6.45, 7) is 12.1. The first kappa shape index (κ1) is 44.7. The highest BCUT2D eigenvalue weighted by Gasteiger charge is 2.36. The Morgan fingerprint density at radius 1 is 0.745 bits per heavy atom. The molecule has 0 radical (unpaired) electrons. The Balaban J connectivity index is 1.57. The number of aliphatic hydroxyl groups is 2. The van der Waals surface area contributed by atoms with Crippen LogP contribution < -0.4 is 16.0 Å². The maximum atomic E-state index is 13.2. The van der Waals surface area contributed by atoms with Crippen LogP contribution >= 0.6 is 11.8 Å². The molecule has 0 aliphatic rings. The molecule has 0 fully saturated rings. The minimum atomic E-state index is -1.21. The fourth-order valence-electron chi connectivity index (χ4n) is 6.20. The van der Waals surface area contributed by atoms with E-state index in [2.05, 4.69) is 58.9 Å². The molecule has 10 nitrogen and oxygen atoms in total.